The first kappa shape index (κ1) is 22.6. The van der Waals surface area contributed by atoms with Gasteiger partial charge in [-0.15, -0.1) is 0 Å². The van der Waals surface area contributed by atoms with Gasteiger partial charge in [-0.3, -0.25) is 4.79 Å². The fraction of sp³-hybridized carbons (Fsp3) is 0.533. The number of fused-ring (bicyclic) bond motifs is 5. The third kappa shape index (κ3) is 4.03. The van der Waals surface area contributed by atoms with Gasteiger partial charge in [0.1, 0.15) is 0 Å². The van der Waals surface area contributed by atoms with Gasteiger partial charge in [0.25, 0.3) is 0 Å². The molecule has 4 aliphatic rings. The minimum Gasteiger partial charge on any atom is -0.478 e. The third-order valence-corrected chi connectivity index (χ3v) is 9.05. The summed E-state index contributed by atoms with van der Waals surface area (Å²) >= 11 is 0. The van der Waals surface area contributed by atoms with Crippen LogP contribution in [0, 0.1) is 11.8 Å². The molecular formula is C30H36N2O3. The average Bonchev–Trinajstić information content (AvgIpc) is 3.11. The van der Waals surface area contributed by atoms with Crippen molar-refractivity contribution in [3.05, 3.63) is 64.7 Å². The van der Waals surface area contributed by atoms with Crippen LogP contribution < -0.4 is 4.90 Å². The third-order valence-electron chi connectivity index (χ3n) is 9.05. The van der Waals surface area contributed by atoms with Gasteiger partial charge < -0.3 is 14.9 Å². The van der Waals surface area contributed by atoms with Crippen molar-refractivity contribution in [2.75, 3.05) is 24.5 Å². The number of anilines is 1. The zero-order valence-electron chi connectivity index (χ0n) is 20.5. The van der Waals surface area contributed by atoms with Gasteiger partial charge in [-0.05, 0) is 73.3 Å². The molecule has 5 nitrogen and oxygen atoms in total. The number of rotatable bonds is 3. The molecule has 3 heterocycles. The van der Waals surface area contributed by atoms with Crippen LogP contribution in [0.5, 0.6) is 0 Å². The van der Waals surface area contributed by atoms with E-state index in [1.54, 1.807) is 6.07 Å². The van der Waals surface area contributed by atoms with Crippen molar-refractivity contribution in [3.63, 3.8) is 0 Å². The van der Waals surface area contributed by atoms with Crippen LogP contribution in [0.25, 0.3) is 0 Å². The Bertz CT molecular complexity index is 1120. The highest BCUT2D eigenvalue weighted by Crippen LogP contribution is 2.57. The van der Waals surface area contributed by atoms with E-state index in [0.29, 0.717) is 23.9 Å². The van der Waals surface area contributed by atoms with Crippen molar-refractivity contribution in [1.82, 2.24) is 4.90 Å². The van der Waals surface area contributed by atoms with Gasteiger partial charge >= 0.3 is 5.97 Å². The lowest BCUT2D eigenvalue weighted by molar-refractivity contribution is -0.136. The quantitative estimate of drug-likeness (QED) is 0.614. The van der Waals surface area contributed by atoms with Crippen LogP contribution in [-0.2, 0) is 11.2 Å². The lowest BCUT2D eigenvalue weighted by Crippen LogP contribution is -2.44. The van der Waals surface area contributed by atoms with E-state index < -0.39 is 5.97 Å². The molecule has 0 bridgehead atoms. The maximum Gasteiger partial charge on any atom is 0.335 e. The Kier molecular flexibility index (Phi) is 6.03. The van der Waals surface area contributed by atoms with Crippen molar-refractivity contribution in [2.45, 2.75) is 69.7 Å². The highest BCUT2D eigenvalue weighted by Gasteiger charge is 2.47. The number of carboxylic acids is 1. The Morgan fingerprint density at radius 1 is 0.857 bits per heavy atom. The maximum absolute atomic E-state index is 13.8. The molecule has 0 radical (unpaired) electrons. The molecule has 5 heteroatoms. The second-order valence-corrected chi connectivity index (χ2v) is 11.1. The molecule has 6 rings (SSSR count). The van der Waals surface area contributed by atoms with Crippen LogP contribution in [0.15, 0.2) is 42.5 Å². The summed E-state index contributed by atoms with van der Waals surface area (Å²) in [4.78, 5) is 30.2. The zero-order chi connectivity index (χ0) is 23.9. The smallest absolute Gasteiger partial charge is 0.335 e. The predicted molar refractivity (Wildman–Crippen MR) is 137 cm³/mol. The van der Waals surface area contributed by atoms with E-state index in [2.05, 4.69) is 40.1 Å². The van der Waals surface area contributed by atoms with Gasteiger partial charge in [-0.1, -0.05) is 49.6 Å². The molecular weight excluding hydrogens is 436 g/mol. The van der Waals surface area contributed by atoms with Crippen molar-refractivity contribution < 1.29 is 14.7 Å². The van der Waals surface area contributed by atoms with Gasteiger partial charge in [-0.25, -0.2) is 4.79 Å². The molecule has 2 aromatic rings. The number of carbonyl (C=O) groups is 2. The molecule has 2 fully saturated rings. The highest BCUT2D eigenvalue weighted by atomic mass is 16.4. The van der Waals surface area contributed by atoms with E-state index in [-0.39, 0.29) is 17.9 Å². The zero-order valence-corrected chi connectivity index (χ0v) is 20.5. The summed E-state index contributed by atoms with van der Waals surface area (Å²) in [7, 11) is 0. The SMILES string of the molecule is O=C(O)c1ccc2c(c1)N1CC(C(=O)N3CCCCC3)Cc3ccccc3C1C2C1CCCCC1. The number of hydrogen-bond donors (Lipinski definition) is 1. The second kappa shape index (κ2) is 9.33. The average molecular weight is 473 g/mol. The normalized spacial score (nSPS) is 26.5. The Labute approximate surface area is 208 Å². The summed E-state index contributed by atoms with van der Waals surface area (Å²) in [6, 6.07) is 14.6. The van der Waals surface area contributed by atoms with Gasteiger partial charge in [0.2, 0.25) is 5.91 Å². The van der Waals surface area contributed by atoms with Crippen LogP contribution in [-0.4, -0.2) is 41.5 Å². The number of piperidine rings is 1. The van der Waals surface area contributed by atoms with Crippen LogP contribution >= 0.6 is 0 Å². The van der Waals surface area contributed by atoms with E-state index in [4.69, 9.17) is 0 Å². The van der Waals surface area contributed by atoms with E-state index in [1.165, 1.54) is 55.2 Å². The Hall–Kier alpha value is -2.82. The van der Waals surface area contributed by atoms with E-state index in [1.807, 2.05) is 6.07 Å². The Morgan fingerprint density at radius 3 is 2.37 bits per heavy atom. The molecule has 3 atom stereocenters. The molecule has 3 aliphatic heterocycles. The molecule has 1 saturated heterocycles. The van der Waals surface area contributed by atoms with Gasteiger partial charge in [0.15, 0.2) is 0 Å². The minimum absolute atomic E-state index is 0.106. The van der Waals surface area contributed by atoms with Crippen molar-refractivity contribution in [1.29, 1.82) is 0 Å². The van der Waals surface area contributed by atoms with Crippen molar-refractivity contribution in [3.8, 4) is 0 Å². The van der Waals surface area contributed by atoms with Crippen molar-refractivity contribution >= 4 is 17.6 Å². The van der Waals surface area contributed by atoms with E-state index in [0.717, 1.165) is 38.0 Å². The second-order valence-electron chi connectivity index (χ2n) is 11.1. The monoisotopic (exact) mass is 472 g/mol. The number of hydrogen-bond acceptors (Lipinski definition) is 3. The molecule has 184 valence electrons. The number of carbonyl (C=O) groups excluding carboxylic acids is 1. The fourth-order valence-electron chi connectivity index (χ4n) is 7.41. The molecule has 1 aliphatic carbocycles. The lowest BCUT2D eigenvalue weighted by atomic mass is 9.73. The molecule has 3 unspecified atom stereocenters. The lowest BCUT2D eigenvalue weighted by Gasteiger charge is -2.36. The first-order chi connectivity index (χ1) is 17.1. The van der Waals surface area contributed by atoms with Crippen LogP contribution in [0.1, 0.15) is 90.4 Å². The summed E-state index contributed by atoms with van der Waals surface area (Å²) in [5.74, 6) is 0.221. The number of aromatic carboxylic acids is 1. The molecule has 0 spiro atoms. The number of nitrogens with zero attached hydrogens (tertiary/aromatic N) is 2. The summed E-state index contributed by atoms with van der Waals surface area (Å²) in [5, 5.41) is 9.77. The Morgan fingerprint density at radius 2 is 1.60 bits per heavy atom. The number of carboxylic acid groups (broad SMARTS) is 1. The summed E-state index contributed by atoms with van der Waals surface area (Å²) < 4.78 is 0. The van der Waals surface area contributed by atoms with E-state index >= 15 is 0 Å². The van der Waals surface area contributed by atoms with E-state index in [9.17, 15) is 14.7 Å². The molecule has 1 amide bonds. The molecule has 35 heavy (non-hydrogen) atoms. The van der Waals surface area contributed by atoms with Crippen molar-refractivity contribution in [2.24, 2.45) is 11.8 Å². The summed E-state index contributed by atoms with van der Waals surface area (Å²) in [6.45, 7) is 2.39. The number of likely N-dealkylation sites (tertiary alicyclic amines) is 1. The summed E-state index contributed by atoms with van der Waals surface area (Å²) in [5.41, 5.74) is 5.29. The number of amides is 1. The number of benzene rings is 2. The molecule has 1 N–H and O–H groups in total. The largest absolute Gasteiger partial charge is 0.478 e. The van der Waals surface area contributed by atoms with Crippen LogP contribution in [0.4, 0.5) is 5.69 Å². The molecule has 0 aromatic heterocycles. The first-order valence-corrected chi connectivity index (χ1v) is 13.6. The predicted octanol–water partition coefficient (Wildman–Crippen LogP) is 5.79. The Balaban J connectivity index is 1.46. The standard InChI is InChI=1S/C30H36N2O3/c33-29(31-15-7-2-8-16-31)23-17-21-11-5-6-12-24(21)28-27(20-9-3-1-4-10-20)25-14-13-22(30(34)35)18-26(25)32(28)19-23/h5-6,11-14,18,20,23,27-28H,1-4,7-10,15-17,19H2,(H,34,35). The van der Waals surface area contributed by atoms with Crippen LogP contribution in [0.3, 0.4) is 0 Å². The van der Waals surface area contributed by atoms with Gasteiger partial charge in [0.05, 0.1) is 17.5 Å². The highest BCUT2D eigenvalue weighted by molar-refractivity contribution is 5.90. The minimum atomic E-state index is -0.887. The fourth-order valence-corrected chi connectivity index (χ4v) is 7.41. The maximum atomic E-state index is 13.8. The first-order valence-electron chi connectivity index (χ1n) is 13.6. The summed E-state index contributed by atoms with van der Waals surface area (Å²) in [6.07, 6.45) is 10.5. The van der Waals surface area contributed by atoms with Gasteiger partial charge in [-0.2, -0.15) is 0 Å². The topological polar surface area (TPSA) is 60.9 Å². The molecule has 1 saturated carbocycles. The van der Waals surface area contributed by atoms with Crippen LogP contribution in [0.2, 0.25) is 0 Å². The molecule has 2 aromatic carbocycles. The van der Waals surface area contributed by atoms with Gasteiger partial charge in [0, 0.05) is 31.2 Å².